The lowest BCUT2D eigenvalue weighted by molar-refractivity contribution is 0.0249. The number of cyclic esters (lactones) is 1. The Bertz CT molecular complexity index is 1370. The van der Waals surface area contributed by atoms with Crippen molar-refractivity contribution >= 4 is 22.6 Å². The molecule has 1 unspecified atom stereocenters. The van der Waals surface area contributed by atoms with E-state index in [0.29, 0.717) is 5.69 Å². The minimum Gasteiger partial charge on any atom is -0.439 e. The van der Waals surface area contributed by atoms with E-state index in [9.17, 15) is 4.79 Å². The first kappa shape index (κ1) is 20.3. The van der Waals surface area contributed by atoms with Crippen molar-refractivity contribution in [1.29, 1.82) is 0 Å². The molecule has 0 N–H and O–H groups in total. The highest BCUT2D eigenvalue weighted by molar-refractivity contribution is 5.97. The Morgan fingerprint density at radius 2 is 1.81 bits per heavy atom. The molecule has 0 radical (unpaired) electrons. The fraction of sp³-hybridized carbons (Fsp3) is 0.259. The number of aryl methyl sites for hydroxylation is 2. The van der Waals surface area contributed by atoms with Crippen molar-refractivity contribution in [1.82, 2.24) is 9.55 Å². The molecule has 5 heteroatoms. The molecule has 2 aromatic heterocycles. The predicted octanol–water partition coefficient (Wildman–Crippen LogP) is 5.20. The number of aromatic nitrogens is 2. The van der Waals surface area contributed by atoms with Crippen molar-refractivity contribution < 1.29 is 9.53 Å². The maximum Gasteiger partial charge on any atom is 0.358 e. The summed E-state index contributed by atoms with van der Waals surface area (Å²) in [5.41, 5.74) is 6.50. The van der Waals surface area contributed by atoms with E-state index in [1.165, 1.54) is 0 Å². The molecule has 0 fully saturated rings. The molecule has 5 rings (SSSR count). The Morgan fingerprint density at radius 1 is 1.03 bits per heavy atom. The average Bonchev–Trinajstić information content (AvgIpc) is 3.24. The van der Waals surface area contributed by atoms with Crippen LogP contribution in [-0.2, 0) is 16.9 Å². The van der Waals surface area contributed by atoms with Gasteiger partial charge in [-0.1, -0.05) is 30.3 Å². The molecule has 0 amide bonds. The van der Waals surface area contributed by atoms with Gasteiger partial charge in [0.2, 0.25) is 0 Å². The third-order valence-corrected chi connectivity index (χ3v) is 6.63. The predicted molar refractivity (Wildman–Crippen MR) is 127 cm³/mol. The molecule has 0 spiro atoms. The zero-order chi connectivity index (χ0) is 22.6. The number of nitrogens with zero attached hydrogens (tertiary/aromatic N) is 3. The van der Waals surface area contributed by atoms with Crippen LogP contribution in [0, 0.1) is 13.8 Å². The molecule has 0 saturated carbocycles. The summed E-state index contributed by atoms with van der Waals surface area (Å²) in [4.78, 5) is 19.6. The molecule has 0 bridgehead atoms. The van der Waals surface area contributed by atoms with Crippen LogP contribution >= 0.6 is 0 Å². The van der Waals surface area contributed by atoms with Crippen LogP contribution in [0.3, 0.4) is 0 Å². The maximum absolute atomic E-state index is 13.1. The van der Waals surface area contributed by atoms with Crippen molar-refractivity contribution in [2.24, 2.45) is 0 Å². The lowest BCUT2D eigenvalue weighted by Crippen LogP contribution is -2.31. The Hall–Kier alpha value is -3.60. The molecule has 0 saturated heterocycles. The van der Waals surface area contributed by atoms with Gasteiger partial charge in [-0.25, -0.2) is 9.78 Å². The third-order valence-electron chi connectivity index (χ3n) is 6.63. The summed E-state index contributed by atoms with van der Waals surface area (Å²) in [5, 5.41) is 1.09. The molecule has 32 heavy (non-hydrogen) atoms. The van der Waals surface area contributed by atoms with Crippen LogP contribution in [0.2, 0.25) is 0 Å². The van der Waals surface area contributed by atoms with Gasteiger partial charge in [-0.15, -0.1) is 0 Å². The van der Waals surface area contributed by atoms with E-state index in [4.69, 9.17) is 4.74 Å². The van der Waals surface area contributed by atoms with E-state index >= 15 is 0 Å². The maximum atomic E-state index is 13.1. The van der Waals surface area contributed by atoms with E-state index in [1.54, 1.807) is 6.20 Å². The molecule has 5 nitrogen and oxygen atoms in total. The number of esters is 1. The van der Waals surface area contributed by atoms with Crippen LogP contribution in [0.15, 0.2) is 60.8 Å². The van der Waals surface area contributed by atoms with Crippen molar-refractivity contribution in [3.05, 3.63) is 94.4 Å². The van der Waals surface area contributed by atoms with Crippen LogP contribution in [0.25, 0.3) is 10.9 Å². The smallest absolute Gasteiger partial charge is 0.358 e. The second-order valence-electron chi connectivity index (χ2n) is 8.59. The van der Waals surface area contributed by atoms with Gasteiger partial charge in [-0.2, -0.15) is 0 Å². The normalized spacial score (nSPS) is 17.5. The molecule has 1 aliphatic rings. The number of pyridine rings is 1. The SMILES string of the molecule is CCn1c(C)c(C2(c3ccc(N(C)C)cc3C)OC(=O)c3ncccc32)c2ccccc21. The van der Waals surface area contributed by atoms with Gasteiger partial charge in [0.15, 0.2) is 11.3 Å². The van der Waals surface area contributed by atoms with Gasteiger partial charge in [-0.05, 0) is 50.6 Å². The fourth-order valence-electron chi connectivity index (χ4n) is 5.22. The summed E-state index contributed by atoms with van der Waals surface area (Å²) in [6, 6.07) is 18.5. The number of para-hydroxylation sites is 1. The quantitative estimate of drug-likeness (QED) is 0.422. The molecule has 2 aromatic carbocycles. The number of benzene rings is 2. The number of rotatable bonds is 4. The summed E-state index contributed by atoms with van der Waals surface area (Å²) in [5.74, 6) is -0.385. The monoisotopic (exact) mass is 425 g/mol. The number of hydrogen-bond acceptors (Lipinski definition) is 4. The molecule has 3 heterocycles. The first-order valence-electron chi connectivity index (χ1n) is 11.0. The molecular formula is C27H27N3O2. The van der Waals surface area contributed by atoms with Crippen LogP contribution in [0.4, 0.5) is 5.69 Å². The molecular weight excluding hydrogens is 398 g/mol. The van der Waals surface area contributed by atoms with E-state index < -0.39 is 5.60 Å². The lowest BCUT2D eigenvalue weighted by atomic mass is 9.77. The number of fused-ring (bicyclic) bond motifs is 2. The second kappa shape index (κ2) is 7.23. The number of hydrogen-bond donors (Lipinski definition) is 0. The van der Waals surface area contributed by atoms with E-state index in [-0.39, 0.29) is 5.97 Å². The van der Waals surface area contributed by atoms with E-state index in [2.05, 4.69) is 71.6 Å². The molecule has 1 aliphatic heterocycles. The van der Waals surface area contributed by atoms with Gasteiger partial charge in [-0.3, -0.25) is 0 Å². The summed E-state index contributed by atoms with van der Waals surface area (Å²) in [6.45, 7) is 7.17. The van der Waals surface area contributed by atoms with Gasteiger partial charge < -0.3 is 14.2 Å². The zero-order valence-electron chi connectivity index (χ0n) is 19.1. The lowest BCUT2D eigenvalue weighted by Gasteiger charge is -2.32. The summed E-state index contributed by atoms with van der Waals surface area (Å²) >= 11 is 0. The number of carbonyl (C=O) groups is 1. The van der Waals surface area contributed by atoms with Crippen LogP contribution in [0.1, 0.15) is 45.4 Å². The van der Waals surface area contributed by atoms with Crippen LogP contribution < -0.4 is 4.90 Å². The Kier molecular flexibility index (Phi) is 4.59. The Balaban J connectivity index is 1.94. The summed E-state index contributed by atoms with van der Waals surface area (Å²) < 4.78 is 8.68. The zero-order valence-corrected chi connectivity index (χ0v) is 19.1. The van der Waals surface area contributed by atoms with Gasteiger partial charge in [0.25, 0.3) is 0 Å². The van der Waals surface area contributed by atoms with E-state index in [1.807, 2.05) is 32.3 Å². The second-order valence-corrected chi connectivity index (χ2v) is 8.59. The van der Waals surface area contributed by atoms with Crippen molar-refractivity contribution in [2.75, 3.05) is 19.0 Å². The summed E-state index contributed by atoms with van der Waals surface area (Å²) in [7, 11) is 4.05. The fourth-order valence-corrected chi connectivity index (χ4v) is 5.22. The van der Waals surface area contributed by atoms with Crippen molar-refractivity contribution in [3.8, 4) is 0 Å². The highest BCUT2D eigenvalue weighted by Crippen LogP contribution is 2.51. The Morgan fingerprint density at radius 3 is 2.53 bits per heavy atom. The Labute approximate surface area is 188 Å². The first-order chi connectivity index (χ1) is 15.4. The summed E-state index contributed by atoms with van der Waals surface area (Å²) in [6.07, 6.45) is 1.65. The van der Waals surface area contributed by atoms with Gasteiger partial charge >= 0.3 is 5.97 Å². The number of anilines is 1. The molecule has 1 atom stereocenters. The van der Waals surface area contributed by atoms with Crippen LogP contribution in [-0.4, -0.2) is 29.6 Å². The van der Waals surface area contributed by atoms with Gasteiger partial charge in [0.1, 0.15) is 0 Å². The van der Waals surface area contributed by atoms with Crippen molar-refractivity contribution in [3.63, 3.8) is 0 Å². The largest absolute Gasteiger partial charge is 0.439 e. The molecule has 4 aromatic rings. The standard InChI is InChI=1S/C27H27N3O2/c1-6-30-18(3)24(20-10-7-8-12-23(20)30)27(21-14-13-19(29(4)5)16-17(21)2)22-11-9-15-28-25(22)26(31)32-27/h7-16H,6H2,1-5H3. The van der Waals surface area contributed by atoms with Crippen molar-refractivity contribution in [2.45, 2.75) is 32.9 Å². The molecule has 0 aliphatic carbocycles. The highest BCUT2D eigenvalue weighted by atomic mass is 16.6. The van der Waals surface area contributed by atoms with Gasteiger partial charge in [0, 0.05) is 65.8 Å². The number of ether oxygens (including phenoxy) is 1. The van der Waals surface area contributed by atoms with E-state index in [0.717, 1.165) is 51.1 Å². The van der Waals surface area contributed by atoms with Crippen LogP contribution in [0.5, 0.6) is 0 Å². The topological polar surface area (TPSA) is 47.4 Å². The number of carbonyl (C=O) groups excluding carboxylic acids is 1. The molecule has 162 valence electrons. The average molecular weight is 426 g/mol. The van der Waals surface area contributed by atoms with Gasteiger partial charge in [0.05, 0.1) is 0 Å². The third kappa shape index (κ3) is 2.63. The highest BCUT2D eigenvalue weighted by Gasteiger charge is 2.52. The first-order valence-corrected chi connectivity index (χ1v) is 11.0. The minimum absolute atomic E-state index is 0.385. The minimum atomic E-state index is -1.06.